The van der Waals surface area contributed by atoms with Crippen molar-refractivity contribution in [2.75, 3.05) is 7.11 Å². The molecule has 0 fully saturated rings. The number of imidazole rings is 1. The second-order valence-electron chi connectivity index (χ2n) is 6.49. The van der Waals surface area contributed by atoms with Crippen LogP contribution in [-0.2, 0) is 30.3 Å². The third-order valence-electron chi connectivity index (χ3n) is 4.82. The van der Waals surface area contributed by atoms with Gasteiger partial charge in [0.05, 0.1) is 7.11 Å². The minimum absolute atomic E-state index is 0.183. The van der Waals surface area contributed by atoms with Crippen molar-refractivity contribution in [3.05, 3.63) is 50.4 Å². The van der Waals surface area contributed by atoms with E-state index in [2.05, 4.69) is 4.98 Å². The monoisotopic (exact) mass is 434 g/mol. The van der Waals surface area contributed by atoms with Crippen LogP contribution in [0.1, 0.15) is 25.2 Å². The Labute approximate surface area is 172 Å². The Morgan fingerprint density at radius 1 is 1.13 bits per heavy atom. The number of fused-ring (bicyclic) bond motifs is 1. The molecular weight excluding hydrogens is 412 g/mol. The fourth-order valence-corrected chi connectivity index (χ4v) is 3.94. The molecule has 1 N–H and O–H groups in total. The molecule has 2 aromatic heterocycles. The quantitative estimate of drug-likeness (QED) is 0.581. The van der Waals surface area contributed by atoms with Crippen molar-refractivity contribution in [3.8, 4) is 5.75 Å². The molecule has 0 aliphatic rings. The lowest BCUT2D eigenvalue weighted by atomic mass is 10.2. The second kappa shape index (κ2) is 7.92. The minimum Gasteiger partial charge on any atom is -0.497 e. The van der Waals surface area contributed by atoms with E-state index >= 15 is 0 Å². The van der Waals surface area contributed by atoms with Crippen LogP contribution < -0.4 is 16.0 Å². The molecule has 30 heavy (non-hydrogen) atoms. The average Bonchev–Trinajstić information content (AvgIpc) is 3.02. The van der Waals surface area contributed by atoms with Gasteiger partial charge in [0.25, 0.3) is 15.7 Å². The molecule has 1 aromatic carbocycles. The maximum atomic E-state index is 12.8. The molecule has 0 unspecified atom stereocenters. The molecule has 0 radical (unpaired) electrons. The zero-order valence-electron chi connectivity index (χ0n) is 17.0. The molecular formula is C19H22N4O6S. The summed E-state index contributed by atoms with van der Waals surface area (Å²) in [4.78, 5) is 29.4. The molecule has 0 saturated carbocycles. The molecule has 3 rings (SSSR count). The standard InChI is InChI=1S/C19H22N4O6S/c1-5-22-17-16(18(24)23(6-2)19(22)25)21(3)15(20-17)10-7-12-11-13(29-4)8-9-14(12)30(26,27)28/h7-11H,5-6H2,1-4H3,(H,26,27,28)/b10-7+. The van der Waals surface area contributed by atoms with Gasteiger partial charge in [0.1, 0.15) is 16.5 Å². The number of hydrogen-bond donors (Lipinski definition) is 1. The van der Waals surface area contributed by atoms with E-state index in [4.69, 9.17) is 4.74 Å². The third kappa shape index (κ3) is 3.57. The lowest BCUT2D eigenvalue weighted by Gasteiger charge is -2.08. The minimum atomic E-state index is -4.46. The van der Waals surface area contributed by atoms with Crippen LogP contribution in [-0.4, -0.2) is 38.8 Å². The molecule has 0 atom stereocenters. The predicted molar refractivity (Wildman–Crippen MR) is 112 cm³/mol. The maximum Gasteiger partial charge on any atom is 0.332 e. The van der Waals surface area contributed by atoms with Gasteiger partial charge >= 0.3 is 5.69 Å². The first-order chi connectivity index (χ1) is 14.1. The van der Waals surface area contributed by atoms with Gasteiger partial charge in [-0.1, -0.05) is 0 Å². The summed E-state index contributed by atoms with van der Waals surface area (Å²) in [6, 6.07) is 4.11. The van der Waals surface area contributed by atoms with Crippen LogP contribution in [0.15, 0.2) is 32.7 Å². The molecule has 0 aliphatic heterocycles. The maximum absolute atomic E-state index is 12.8. The highest BCUT2D eigenvalue weighted by Gasteiger charge is 2.18. The van der Waals surface area contributed by atoms with E-state index < -0.39 is 21.4 Å². The SMILES string of the molecule is CCn1c(=O)c2c(nc(/C=C/c3cc(OC)ccc3S(=O)(=O)O)n2C)n(CC)c1=O. The van der Waals surface area contributed by atoms with Crippen molar-refractivity contribution in [2.45, 2.75) is 31.8 Å². The van der Waals surface area contributed by atoms with Gasteiger partial charge in [0, 0.05) is 20.1 Å². The van der Waals surface area contributed by atoms with Crippen LogP contribution in [0.25, 0.3) is 23.3 Å². The Bertz CT molecular complexity index is 1380. The molecule has 0 spiro atoms. The fraction of sp³-hybridized carbons (Fsp3) is 0.316. The Hall–Kier alpha value is -3.18. The number of benzene rings is 1. The highest BCUT2D eigenvalue weighted by atomic mass is 32.2. The highest BCUT2D eigenvalue weighted by molar-refractivity contribution is 7.85. The lowest BCUT2D eigenvalue weighted by molar-refractivity contribution is 0.414. The Morgan fingerprint density at radius 2 is 1.80 bits per heavy atom. The summed E-state index contributed by atoms with van der Waals surface area (Å²) in [5, 5.41) is 0. The van der Waals surface area contributed by atoms with Crippen LogP contribution in [0.2, 0.25) is 0 Å². The lowest BCUT2D eigenvalue weighted by Crippen LogP contribution is -2.39. The molecule has 2 heterocycles. The van der Waals surface area contributed by atoms with Gasteiger partial charge in [-0.2, -0.15) is 8.42 Å². The second-order valence-corrected chi connectivity index (χ2v) is 7.88. The van der Waals surface area contributed by atoms with Crippen molar-refractivity contribution in [1.82, 2.24) is 18.7 Å². The van der Waals surface area contributed by atoms with Crippen molar-refractivity contribution in [2.24, 2.45) is 7.05 Å². The summed E-state index contributed by atoms with van der Waals surface area (Å²) in [5.41, 5.74) is -0.189. The zero-order valence-corrected chi connectivity index (χ0v) is 17.8. The van der Waals surface area contributed by atoms with Crippen molar-refractivity contribution in [3.63, 3.8) is 0 Å². The Kier molecular flexibility index (Phi) is 5.68. The number of ether oxygens (including phenoxy) is 1. The van der Waals surface area contributed by atoms with Gasteiger partial charge in [0.15, 0.2) is 11.2 Å². The molecule has 11 heteroatoms. The number of rotatable bonds is 6. The van der Waals surface area contributed by atoms with Crippen molar-refractivity contribution < 1.29 is 17.7 Å². The van der Waals surface area contributed by atoms with E-state index in [9.17, 15) is 22.6 Å². The summed E-state index contributed by atoms with van der Waals surface area (Å²) in [6.45, 7) is 4.06. The zero-order chi connectivity index (χ0) is 22.2. The topological polar surface area (TPSA) is 125 Å². The van der Waals surface area contributed by atoms with Crippen LogP contribution in [0.3, 0.4) is 0 Å². The molecule has 0 amide bonds. The molecule has 0 saturated heterocycles. The molecule has 0 bridgehead atoms. The van der Waals surface area contributed by atoms with Crippen LogP contribution in [0.4, 0.5) is 0 Å². The number of hydrogen-bond acceptors (Lipinski definition) is 6. The van der Waals surface area contributed by atoms with Gasteiger partial charge < -0.3 is 9.30 Å². The van der Waals surface area contributed by atoms with Crippen LogP contribution in [0, 0.1) is 0 Å². The molecule has 10 nitrogen and oxygen atoms in total. The normalized spacial score (nSPS) is 12.2. The van der Waals surface area contributed by atoms with E-state index in [0.717, 1.165) is 4.57 Å². The predicted octanol–water partition coefficient (Wildman–Crippen LogP) is 1.36. The highest BCUT2D eigenvalue weighted by Crippen LogP contribution is 2.24. The van der Waals surface area contributed by atoms with E-state index in [-0.39, 0.29) is 28.2 Å². The summed E-state index contributed by atoms with van der Waals surface area (Å²) in [6.07, 6.45) is 2.95. The number of aryl methyl sites for hydroxylation is 2. The Morgan fingerprint density at radius 3 is 2.37 bits per heavy atom. The van der Waals surface area contributed by atoms with Gasteiger partial charge in [-0.25, -0.2) is 9.78 Å². The van der Waals surface area contributed by atoms with Crippen LogP contribution >= 0.6 is 0 Å². The van der Waals surface area contributed by atoms with Gasteiger partial charge in [0.2, 0.25) is 0 Å². The molecule has 3 aromatic rings. The first-order valence-electron chi connectivity index (χ1n) is 9.17. The molecule has 0 aliphatic carbocycles. The summed E-state index contributed by atoms with van der Waals surface area (Å²) < 4.78 is 42.1. The first-order valence-corrected chi connectivity index (χ1v) is 10.6. The van der Waals surface area contributed by atoms with E-state index in [0.29, 0.717) is 18.1 Å². The molecule has 160 valence electrons. The number of methoxy groups -OCH3 is 1. The number of aromatic nitrogens is 4. The third-order valence-corrected chi connectivity index (χ3v) is 5.74. The van der Waals surface area contributed by atoms with E-state index in [1.165, 1.54) is 42.0 Å². The smallest absolute Gasteiger partial charge is 0.332 e. The van der Waals surface area contributed by atoms with Gasteiger partial charge in [-0.3, -0.25) is 18.5 Å². The van der Waals surface area contributed by atoms with Crippen LogP contribution in [0.5, 0.6) is 5.75 Å². The number of nitrogens with zero attached hydrogens (tertiary/aromatic N) is 4. The summed E-state index contributed by atoms with van der Waals surface area (Å²) in [5.74, 6) is 0.736. The average molecular weight is 434 g/mol. The van der Waals surface area contributed by atoms with Crippen molar-refractivity contribution >= 4 is 33.4 Å². The van der Waals surface area contributed by atoms with E-state index in [1.807, 2.05) is 0 Å². The summed E-state index contributed by atoms with van der Waals surface area (Å²) in [7, 11) is -1.39. The fourth-order valence-electron chi connectivity index (χ4n) is 3.28. The Balaban J connectivity index is 2.25. The summed E-state index contributed by atoms with van der Waals surface area (Å²) >= 11 is 0. The van der Waals surface area contributed by atoms with Crippen molar-refractivity contribution in [1.29, 1.82) is 0 Å². The van der Waals surface area contributed by atoms with Gasteiger partial charge in [-0.15, -0.1) is 0 Å². The largest absolute Gasteiger partial charge is 0.497 e. The van der Waals surface area contributed by atoms with E-state index in [1.54, 1.807) is 25.5 Å². The van der Waals surface area contributed by atoms with Gasteiger partial charge in [-0.05, 0) is 49.8 Å². The first kappa shape index (κ1) is 21.5.